The molecule has 0 saturated carbocycles. The van der Waals surface area contributed by atoms with Gasteiger partial charge >= 0.3 is 0 Å². The summed E-state index contributed by atoms with van der Waals surface area (Å²) in [4.78, 5) is 10.7. The summed E-state index contributed by atoms with van der Waals surface area (Å²) < 4.78 is 5.36. The molecule has 1 unspecified atom stereocenters. The number of carbonyl (C=O) groups excluding carboxylic acids is 1. The van der Waals surface area contributed by atoms with Gasteiger partial charge in [-0.3, -0.25) is 4.79 Å². The molecule has 0 amide bonds. The fourth-order valence-electron chi connectivity index (χ4n) is 1.32. The van der Waals surface area contributed by atoms with Crippen molar-refractivity contribution in [2.75, 3.05) is 7.11 Å². The Labute approximate surface area is 81.0 Å². The number of methoxy groups -OCH3 is 1. The van der Waals surface area contributed by atoms with E-state index in [9.17, 15) is 4.79 Å². The molecule has 0 rings (SSSR count). The predicted molar refractivity (Wildman–Crippen MR) is 54.7 cm³/mol. The molecule has 0 heterocycles. The van der Waals surface area contributed by atoms with Crippen molar-refractivity contribution in [3.05, 3.63) is 12.2 Å². The van der Waals surface area contributed by atoms with Crippen LogP contribution >= 0.6 is 0 Å². The minimum atomic E-state index is -0.306. The van der Waals surface area contributed by atoms with E-state index in [1.807, 2.05) is 13.0 Å². The third-order valence-electron chi connectivity index (χ3n) is 1.95. The van der Waals surface area contributed by atoms with E-state index in [1.165, 1.54) is 0 Å². The summed E-state index contributed by atoms with van der Waals surface area (Å²) in [6.07, 6.45) is 4.34. The smallest absolute Gasteiger partial charge is 0.152 e. The molecule has 0 aromatic rings. The normalized spacial score (nSPS) is 16.5. The first-order chi connectivity index (χ1) is 5.89. The largest absolute Gasteiger partial charge is 0.374 e. The van der Waals surface area contributed by atoms with Crippen molar-refractivity contribution in [3.63, 3.8) is 0 Å². The van der Waals surface area contributed by atoms with E-state index in [0.717, 1.165) is 6.42 Å². The molecule has 0 saturated heterocycles. The lowest BCUT2D eigenvalue weighted by molar-refractivity contribution is -0.112. The molecule has 0 aliphatic carbocycles. The average molecular weight is 184 g/mol. The molecule has 76 valence electrons. The second-order valence-electron chi connectivity index (χ2n) is 4.06. The molecule has 0 bridgehead atoms. The van der Waals surface area contributed by atoms with Crippen LogP contribution in [0.2, 0.25) is 0 Å². The third-order valence-corrected chi connectivity index (χ3v) is 1.95. The Hall–Kier alpha value is -0.630. The van der Waals surface area contributed by atoms with Crippen LogP contribution in [0.5, 0.6) is 0 Å². The highest BCUT2D eigenvalue weighted by molar-refractivity contribution is 5.87. The molecule has 0 radical (unpaired) electrons. The average Bonchev–Trinajstić information content (AvgIpc) is 2.00. The highest BCUT2D eigenvalue weighted by atomic mass is 16.5. The van der Waals surface area contributed by atoms with Gasteiger partial charge < -0.3 is 4.74 Å². The summed E-state index contributed by atoms with van der Waals surface area (Å²) in [6.45, 7) is 7.81. The highest BCUT2D eigenvalue weighted by Crippen LogP contribution is 2.21. The van der Waals surface area contributed by atoms with Crippen molar-refractivity contribution in [3.8, 4) is 0 Å². The van der Waals surface area contributed by atoms with E-state index in [1.54, 1.807) is 20.1 Å². The lowest BCUT2D eigenvalue weighted by Gasteiger charge is -2.26. The second kappa shape index (κ2) is 5.18. The van der Waals surface area contributed by atoms with Gasteiger partial charge in [-0.2, -0.15) is 0 Å². The van der Waals surface area contributed by atoms with Crippen LogP contribution in [0.1, 0.15) is 34.1 Å². The number of allylic oxidation sites excluding steroid dienone is 1. The van der Waals surface area contributed by atoms with Gasteiger partial charge in [-0.1, -0.05) is 13.8 Å². The van der Waals surface area contributed by atoms with Crippen molar-refractivity contribution in [2.45, 2.75) is 39.7 Å². The van der Waals surface area contributed by atoms with Crippen molar-refractivity contribution >= 4 is 5.78 Å². The summed E-state index contributed by atoms with van der Waals surface area (Å²) in [7, 11) is 1.67. The monoisotopic (exact) mass is 184 g/mol. The maximum atomic E-state index is 10.7. The molecule has 1 atom stereocenters. The minimum absolute atomic E-state index is 0.0621. The lowest BCUT2D eigenvalue weighted by atomic mass is 9.93. The molecule has 0 aliphatic rings. The Kier molecular flexibility index (Phi) is 4.92. The summed E-state index contributed by atoms with van der Waals surface area (Å²) in [5.74, 6) is 0.619. The van der Waals surface area contributed by atoms with E-state index in [0.29, 0.717) is 5.92 Å². The Morgan fingerprint density at radius 3 is 2.38 bits per heavy atom. The van der Waals surface area contributed by atoms with Gasteiger partial charge in [0.1, 0.15) is 0 Å². The molecule has 0 aliphatic heterocycles. The number of carbonyl (C=O) groups is 1. The van der Waals surface area contributed by atoms with Gasteiger partial charge in [-0.25, -0.2) is 0 Å². The summed E-state index contributed by atoms with van der Waals surface area (Å²) in [5, 5.41) is 0. The van der Waals surface area contributed by atoms with Crippen molar-refractivity contribution in [1.29, 1.82) is 0 Å². The van der Waals surface area contributed by atoms with Gasteiger partial charge in [0.2, 0.25) is 0 Å². The number of ketones is 1. The zero-order chi connectivity index (χ0) is 10.5. The molecular weight excluding hydrogens is 164 g/mol. The molecule has 0 N–H and O–H groups in total. The fourth-order valence-corrected chi connectivity index (χ4v) is 1.32. The second-order valence-corrected chi connectivity index (χ2v) is 4.06. The maximum Gasteiger partial charge on any atom is 0.152 e. The van der Waals surface area contributed by atoms with Gasteiger partial charge in [0.05, 0.1) is 5.60 Å². The van der Waals surface area contributed by atoms with Crippen LogP contribution in [0.4, 0.5) is 0 Å². The Morgan fingerprint density at radius 1 is 1.54 bits per heavy atom. The van der Waals surface area contributed by atoms with Gasteiger partial charge in [-0.05, 0) is 38.3 Å². The van der Waals surface area contributed by atoms with Crippen molar-refractivity contribution in [1.82, 2.24) is 0 Å². The fraction of sp³-hybridized carbons (Fsp3) is 0.727. The molecule has 2 nitrogen and oxygen atoms in total. The molecular formula is C11H20O2. The molecule has 0 aromatic heterocycles. The van der Waals surface area contributed by atoms with Crippen LogP contribution in [-0.2, 0) is 9.53 Å². The highest BCUT2D eigenvalue weighted by Gasteiger charge is 2.21. The van der Waals surface area contributed by atoms with Crippen LogP contribution in [0, 0.1) is 5.92 Å². The number of rotatable bonds is 5. The zero-order valence-electron chi connectivity index (χ0n) is 9.26. The quantitative estimate of drug-likeness (QED) is 0.614. The predicted octanol–water partition coefficient (Wildman–Crippen LogP) is 2.58. The van der Waals surface area contributed by atoms with Crippen LogP contribution in [-0.4, -0.2) is 18.5 Å². The minimum Gasteiger partial charge on any atom is -0.374 e. The van der Waals surface area contributed by atoms with E-state index in [4.69, 9.17) is 4.74 Å². The molecule has 0 spiro atoms. The van der Waals surface area contributed by atoms with E-state index in [2.05, 4.69) is 13.8 Å². The van der Waals surface area contributed by atoms with Crippen LogP contribution in [0.25, 0.3) is 0 Å². The lowest BCUT2D eigenvalue weighted by Crippen LogP contribution is -2.26. The van der Waals surface area contributed by atoms with E-state index >= 15 is 0 Å². The molecule has 0 aromatic carbocycles. The van der Waals surface area contributed by atoms with Crippen LogP contribution < -0.4 is 0 Å². The zero-order valence-corrected chi connectivity index (χ0v) is 9.26. The topological polar surface area (TPSA) is 26.3 Å². The summed E-state index contributed by atoms with van der Waals surface area (Å²) in [6, 6.07) is 0. The van der Waals surface area contributed by atoms with Gasteiger partial charge in [0.25, 0.3) is 0 Å². The van der Waals surface area contributed by atoms with Gasteiger partial charge in [0.15, 0.2) is 5.78 Å². The molecule has 13 heavy (non-hydrogen) atoms. The summed E-state index contributed by atoms with van der Waals surface area (Å²) in [5.41, 5.74) is -0.306. The van der Waals surface area contributed by atoms with Crippen molar-refractivity contribution < 1.29 is 9.53 Å². The van der Waals surface area contributed by atoms with Gasteiger partial charge in [0, 0.05) is 7.11 Å². The maximum absolute atomic E-state index is 10.7. The van der Waals surface area contributed by atoms with Crippen LogP contribution in [0.15, 0.2) is 12.2 Å². The molecule has 2 heteroatoms. The van der Waals surface area contributed by atoms with E-state index in [-0.39, 0.29) is 11.4 Å². The Morgan fingerprint density at radius 2 is 2.08 bits per heavy atom. The van der Waals surface area contributed by atoms with Gasteiger partial charge in [-0.15, -0.1) is 0 Å². The molecule has 0 fully saturated rings. The standard InChI is InChI=1S/C11H20O2/c1-9(2)8-11(4,13-5)7-6-10(3)12/h6-7,9H,8H2,1-5H3. The first-order valence-electron chi connectivity index (χ1n) is 4.64. The number of ether oxygens (including phenoxy) is 1. The third kappa shape index (κ3) is 5.58. The Bertz CT molecular complexity index is 194. The first kappa shape index (κ1) is 12.4. The Balaban J connectivity index is 4.35. The SMILES string of the molecule is COC(C)(C=CC(C)=O)CC(C)C. The summed E-state index contributed by atoms with van der Waals surface area (Å²) >= 11 is 0. The first-order valence-corrected chi connectivity index (χ1v) is 4.64. The van der Waals surface area contributed by atoms with Crippen LogP contribution in [0.3, 0.4) is 0 Å². The van der Waals surface area contributed by atoms with E-state index < -0.39 is 0 Å². The number of hydrogen-bond acceptors (Lipinski definition) is 2. The van der Waals surface area contributed by atoms with Crippen molar-refractivity contribution in [2.24, 2.45) is 5.92 Å². The number of hydrogen-bond donors (Lipinski definition) is 0.